The van der Waals surface area contributed by atoms with Gasteiger partial charge in [-0.1, -0.05) is 31.4 Å². The third kappa shape index (κ3) is 6.74. The Morgan fingerprint density at radius 3 is 2.72 bits per heavy atom. The Morgan fingerprint density at radius 2 is 2.00 bits per heavy atom. The summed E-state index contributed by atoms with van der Waals surface area (Å²) in [4.78, 5) is 24.1. The Hall–Kier alpha value is -2.08. The molecular formula is C19H29N3O3. The maximum Gasteiger partial charge on any atom is 0.315 e. The molecular weight excluding hydrogens is 318 g/mol. The van der Waals surface area contributed by atoms with E-state index in [1.807, 2.05) is 31.2 Å². The van der Waals surface area contributed by atoms with Gasteiger partial charge in [0.25, 0.3) is 0 Å². The molecule has 1 aromatic rings. The topological polar surface area (TPSA) is 79.5 Å². The summed E-state index contributed by atoms with van der Waals surface area (Å²) >= 11 is 0. The van der Waals surface area contributed by atoms with Crippen molar-refractivity contribution in [2.75, 3.05) is 19.0 Å². The lowest BCUT2D eigenvalue weighted by Crippen LogP contribution is -2.42. The summed E-state index contributed by atoms with van der Waals surface area (Å²) in [5.41, 5.74) is 1.72. The van der Waals surface area contributed by atoms with E-state index in [9.17, 15) is 9.59 Å². The van der Waals surface area contributed by atoms with E-state index in [2.05, 4.69) is 16.0 Å². The summed E-state index contributed by atoms with van der Waals surface area (Å²) in [6.45, 7) is 2.75. The molecule has 1 aromatic carbocycles. The van der Waals surface area contributed by atoms with Crippen LogP contribution in [0.1, 0.15) is 44.6 Å². The molecule has 2 rings (SSSR count). The summed E-state index contributed by atoms with van der Waals surface area (Å²) in [5.74, 6) is 0.236. The van der Waals surface area contributed by atoms with Crippen LogP contribution in [-0.2, 0) is 16.1 Å². The molecule has 0 radical (unpaired) electrons. The third-order valence-electron chi connectivity index (χ3n) is 4.42. The summed E-state index contributed by atoms with van der Waals surface area (Å²) in [5, 5.41) is 8.61. The SMILES string of the molecule is COCC(C)NC(=O)NCc1cccc(NC(=O)C2CCCCC2)c1. The molecule has 1 aliphatic rings. The van der Waals surface area contributed by atoms with Gasteiger partial charge in [-0.3, -0.25) is 4.79 Å². The quantitative estimate of drug-likeness (QED) is 0.709. The summed E-state index contributed by atoms with van der Waals surface area (Å²) in [6.07, 6.45) is 5.47. The van der Waals surface area contributed by atoms with Gasteiger partial charge in [0.15, 0.2) is 0 Å². The van der Waals surface area contributed by atoms with Crippen LogP contribution < -0.4 is 16.0 Å². The van der Waals surface area contributed by atoms with Gasteiger partial charge < -0.3 is 20.7 Å². The van der Waals surface area contributed by atoms with Gasteiger partial charge in [-0.05, 0) is 37.5 Å². The predicted molar refractivity (Wildman–Crippen MR) is 98.4 cm³/mol. The maximum atomic E-state index is 12.3. The van der Waals surface area contributed by atoms with E-state index in [1.165, 1.54) is 6.42 Å². The van der Waals surface area contributed by atoms with E-state index in [4.69, 9.17) is 4.74 Å². The molecule has 6 heteroatoms. The van der Waals surface area contributed by atoms with Crippen LogP contribution >= 0.6 is 0 Å². The molecule has 3 amide bonds. The zero-order valence-corrected chi connectivity index (χ0v) is 15.1. The number of hydrogen-bond acceptors (Lipinski definition) is 3. The molecule has 0 spiro atoms. The van der Waals surface area contributed by atoms with Crippen molar-refractivity contribution < 1.29 is 14.3 Å². The van der Waals surface area contributed by atoms with Gasteiger partial charge in [-0.2, -0.15) is 0 Å². The molecule has 0 heterocycles. The standard InChI is InChI=1S/C19H29N3O3/c1-14(13-25-2)21-19(24)20-12-15-7-6-10-17(11-15)22-18(23)16-8-4-3-5-9-16/h6-7,10-11,14,16H,3-5,8-9,12-13H2,1-2H3,(H,22,23)(H2,20,21,24). The fourth-order valence-electron chi connectivity index (χ4n) is 3.12. The van der Waals surface area contributed by atoms with E-state index in [1.54, 1.807) is 7.11 Å². The van der Waals surface area contributed by atoms with Gasteiger partial charge in [0, 0.05) is 25.3 Å². The predicted octanol–water partition coefficient (Wildman–Crippen LogP) is 3.04. The van der Waals surface area contributed by atoms with Crippen LogP contribution in [0.25, 0.3) is 0 Å². The Kier molecular flexibility index (Phi) is 7.73. The minimum atomic E-state index is -0.235. The van der Waals surface area contributed by atoms with Gasteiger partial charge in [0.2, 0.25) is 5.91 Å². The molecule has 1 saturated carbocycles. The highest BCUT2D eigenvalue weighted by atomic mass is 16.5. The average Bonchev–Trinajstić information content (AvgIpc) is 2.61. The first-order valence-electron chi connectivity index (χ1n) is 9.01. The molecule has 1 atom stereocenters. The highest BCUT2D eigenvalue weighted by molar-refractivity contribution is 5.92. The maximum absolute atomic E-state index is 12.3. The lowest BCUT2D eigenvalue weighted by Gasteiger charge is -2.21. The molecule has 138 valence electrons. The fraction of sp³-hybridized carbons (Fsp3) is 0.579. The van der Waals surface area contributed by atoms with Crippen molar-refractivity contribution in [3.8, 4) is 0 Å². The number of carbonyl (C=O) groups is 2. The molecule has 1 aliphatic carbocycles. The van der Waals surface area contributed by atoms with Crippen LogP contribution in [-0.4, -0.2) is 31.7 Å². The average molecular weight is 347 g/mol. The summed E-state index contributed by atoms with van der Waals surface area (Å²) in [6, 6.07) is 7.31. The van der Waals surface area contributed by atoms with Gasteiger partial charge in [-0.25, -0.2) is 4.79 Å². The number of amides is 3. The third-order valence-corrected chi connectivity index (χ3v) is 4.42. The summed E-state index contributed by atoms with van der Waals surface area (Å²) < 4.78 is 4.99. The molecule has 0 aromatic heterocycles. The number of rotatable bonds is 7. The van der Waals surface area contributed by atoms with Crippen LogP contribution in [0.3, 0.4) is 0 Å². The number of ether oxygens (including phenoxy) is 1. The monoisotopic (exact) mass is 347 g/mol. The zero-order chi connectivity index (χ0) is 18.1. The number of hydrogen-bond donors (Lipinski definition) is 3. The normalized spacial score (nSPS) is 16.1. The molecule has 25 heavy (non-hydrogen) atoms. The van der Waals surface area contributed by atoms with E-state index in [0.717, 1.165) is 36.9 Å². The number of carbonyl (C=O) groups excluding carboxylic acids is 2. The number of nitrogens with one attached hydrogen (secondary N) is 3. The minimum absolute atomic E-state index is 0.0499. The first kappa shape index (κ1) is 19.2. The van der Waals surface area contributed by atoms with Crippen LogP contribution in [0.4, 0.5) is 10.5 Å². The second-order valence-corrected chi connectivity index (χ2v) is 6.71. The van der Waals surface area contributed by atoms with E-state index in [-0.39, 0.29) is 23.9 Å². The Labute approximate surface area is 149 Å². The van der Waals surface area contributed by atoms with Gasteiger partial charge in [0.05, 0.1) is 12.6 Å². The zero-order valence-electron chi connectivity index (χ0n) is 15.1. The Bertz CT molecular complexity index is 571. The lowest BCUT2D eigenvalue weighted by atomic mass is 9.88. The molecule has 0 aliphatic heterocycles. The van der Waals surface area contributed by atoms with Crippen molar-refractivity contribution in [1.82, 2.24) is 10.6 Å². The second-order valence-electron chi connectivity index (χ2n) is 6.71. The van der Waals surface area contributed by atoms with E-state index >= 15 is 0 Å². The second kappa shape index (κ2) is 10.0. The van der Waals surface area contributed by atoms with Crippen LogP contribution in [0.5, 0.6) is 0 Å². The van der Waals surface area contributed by atoms with Crippen molar-refractivity contribution in [2.45, 2.75) is 51.6 Å². The smallest absolute Gasteiger partial charge is 0.315 e. The molecule has 1 fully saturated rings. The minimum Gasteiger partial charge on any atom is -0.383 e. The van der Waals surface area contributed by atoms with Gasteiger partial charge >= 0.3 is 6.03 Å². The van der Waals surface area contributed by atoms with Gasteiger partial charge in [0.1, 0.15) is 0 Å². The molecule has 3 N–H and O–H groups in total. The van der Waals surface area contributed by atoms with Crippen molar-refractivity contribution >= 4 is 17.6 Å². The molecule has 0 bridgehead atoms. The van der Waals surface area contributed by atoms with Crippen molar-refractivity contribution in [1.29, 1.82) is 0 Å². The largest absolute Gasteiger partial charge is 0.383 e. The van der Waals surface area contributed by atoms with E-state index in [0.29, 0.717) is 13.2 Å². The molecule has 0 saturated heterocycles. The van der Waals surface area contributed by atoms with Crippen molar-refractivity contribution in [3.05, 3.63) is 29.8 Å². The van der Waals surface area contributed by atoms with Crippen molar-refractivity contribution in [2.24, 2.45) is 5.92 Å². The highest BCUT2D eigenvalue weighted by Gasteiger charge is 2.21. The van der Waals surface area contributed by atoms with Crippen molar-refractivity contribution in [3.63, 3.8) is 0 Å². The van der Waals surface area contributed by atoms with Crippen LogP contribution in [0, 0.1) is 5.92 Å². The van der Waals surface area contributed by atoms with Crippen LogP contribution in [0.15, 0.2) is 24.3 Å². The Balaban J connectivity index is 1.82. The number of urea groups is 1. The first-order valence-corrected chi connectivity index (χ1v) is 9.01. The Morgan fingerprint density at radius 1 is 1.24 bits per heavy atom. The number of benzene rings is 1. The van der Waals surface area contributed by atoms with Gasteiger partial charge in [-0.15, -0.1) is 0 Å². The number of anilines is 1. The van der Waals surface area contributed by atoms with E-state index < -0.39 is 0 Å². The fourth-order valence-corrected chi connectivity index (χ4v) is 3.12. The summed E-state index contributed by atoms with van der Waals surface area (Å²) in [7, 11) is 1.60. The van der Waals surface area contributed by atoms with Crippen LogP contribution in [0.2, 0.25) is 0 Å². The highest BCUT2D eigenvalue weighted by Crippen LogP contribution is 2.25. The molecule has 1 unspecified atom stereocenters. The lowest BCUT2D eigenvalue weighted by molar-refractivity contribution is -0.120. The first-order chi connectivity index (χ1) is 12.1. The molecule has 6 nitrogen and oxygen atoms in total. The number of methoxy groups -OCH3 is 1.